The molecular weight excluding hydrogens is 322 g/mol. The highest BCUT2D eigenvalue weighted by molar-refractivity contribution is 5.66. The maximum atomic E-state index is 11.1. The molecule has 0 rings (SSSR count). The smallest absolute Gasteiger partial charge is 0.407 e. The predicted molar refractivity (Wildman–Crippen MR) is 113 cm³/mol. The lowest BCUT2D eigenvalue weighted by molar-refractivity contribution is 0.145. The maximum Gasteiger partial charge on any atom is 0.407 e. The molecule has 0 radical (unpaired) electrons. The van der Waals surface area contributed by atoms with E-state index in [-0.39, 0.29) is 6.09 Å². The van der Waals surface area contributed by atoms with Crippen LogP contribution in [-0.2, 0) is 4.74 Å². The Kier molecular flexibility index (Phi) is 19.8. The monoisotopic (exact) mass is 361 g/mol. The topological polar surface area (TPSA) is 38.3 Å². The zero-order chi connectivity index (χ0) is 19.1. The zero-order valence-electron chi connectivity index (χ0n) is 16.9. The number of amides is 1. The lowest BCUT2D eigenvalue weighted by Gasteiger charge is -2.03. The number of hydrogen-bond acceptors (Lipinski definition) is 2. The van der Waals surface area contributed by atoms with Crippen molar-refractivity contribution in [1.82, 2.24) is 5.32 Å². The van der Waals surface area contributed by atoms with Crippen LogP contribution < -0.4 is 5.32 Å². The first-order valence-electron chi connectivity index (χ1n) is 10.3. The van der Waals surface area contributed by atoms with Gasteiger partial charge in [-0.2, -0.15) is 0 Å². The van der Waals surface area contributed by atoms with Crippen molar-refractivity contribution in [3.8, 4) is 0 Å². The molecule has 0 spiro atoms. The Balaban J connectivity index is 3.40. The number of allylic oxidation sites excluding steroid dienone is 8. The summed E-state index contributed by atoms with van der Waals surface area (Å²) in [4.78, 5) is 11.1. The van der Waals surface area contributed by atoms with E-state index in [0.29, 0.717) is 13.2 Å². The van der Waals surface area contributed by atoms with Gasteiger partial charge in [-0.15, -0.1) is 0 Å². The third-order valence-electron chi connectivity index (χ3n) is 3.78. The van der Waals surface area contributed by atoms with Crippen LogP contribution >= 0.6 is 0 Å². The minimum Gasteiger partial charge on any atom is -0.450 e. The van der Waals surface area contributed by atoms with Gasteiger partial charge in [0.25, 0.3) is 0 Å². The molecular formula is C23H39NO2. The molecule has 0 aromatic rings. The van der Waals surface area contributed by atoms with E-state index in [9.17, 15) is 4.79 Å². The van der Waals surface area contributed by atoms with Crippen LogP contribution in [0.3, 0.4) is 0 Å². The lowest BCUT2D eigenvalue weighted by Crippen LogP contribution is -2.23. The number of alkyl carbamates (subject to hydrolysis) is 1. The van der Waals surface area contributed by atoms with Gasteiger partial charge in [0.1, 0.15) is 0 Å². The Labute approximate surface area is 161 Å². The molecule has 148 valence electrons. The van der Waals surface area contributed by atoms with E-state index in [0.717, 1.165) is 38.5 Å². The normalized spacial score (nSPS) is 12.1. The molecule has 3 heteroatoms. The number of nitrogens with one attached hydrogen (secondary N) is 1. The van der Waals surface area contributed by atoms with Gasteiger partial charge in [-0.1, -0.05) is 68.4 Å². The molecule has 1 amide bonds. The van der Waals surface area contributed by atoms with Gasteiger partial charge >= 0.3 is 6.09 Å². The fraction of sp³-hybridized carbons (Fsp3) is 0.609. The first-order valence-corrected chi connectivity index (χ1v) is 10.3. The standard InChI is InChI=1S/C23H39NO2/c1-3-5-6-7-8-9-10-11-12-13-14-15-16-17-18-19-20-21-22-26-23(25)24-4-2/h8-9,11-12,14-15,17-18H,3-7,10,13,16,19-22H2,1-2H3,(H,24,25)/b9-8-,12-11-,15-14-,18-17-. The Bertz CT molecular complexity index is 422. The minimum atomic E-state index is -0.315. The van der Waals surface area contributed by atoms with Crippen LogP contribution in [0.4, 0.5) is 4.79 Å². The Morgan fingerprint density at radius 3 is 1.73 bits per heavy atom. The quantitative estimate of drug-likeness (QED) is 0.240. The van der Waals surface area contributed by atoms with Gasteiger partial charge in [-0.05, 0) is 58.3 Å². The van der Waals surface area contributed by atoms with Gasteiger partial charge in [-0.25, -0.2) is 4.79 Å². The third kappa shape index (κ3) is 20.3. The van der Waals surface area contributed by atoms with Crippen LogP contribution in [0, 0.1) is 0 Å². The molecule has 0 atom stereocenters. The van der Waals surface area contributed by atoms with E-state index in [1.54, 1.807) is 0 Å². The van der Waals surface area contributed by atoms with Crippen molar-refractivity contribution < 1.29 is 9.53 Å². The molecule has 3 nitrogen and oxygen atoms in total. The van der Waals surface area contributed by atoms with Crippen LogP contribution in [0.25, 0.3) is 0 Å². The summed E-state index contributed by atoms with van der Waals surface area (Å²) in [5, 5.41) is 2.61. The summed E-state index contributed by atoms with van der Waals surface area (Å²) in [6.45, 7) is 5.23. The predicted octanol–water partition coefficient (Wildman–Crippen LogP) is 6.88. The van der Waals surface area contributed by atoms with E-state index in [2.05, 4.69) is 60.8 Å². The number of unbranched alkanes of at least 4 members (excludes halogenated alkanes) is 5. The molecule has 0 aliphatic heterocycles. The molecule has 0 bridgehead atoms. The van der Waals surface area contributed by atoms with Gasteiger partial charge in [0.05, 0.1) is 6.61 Å². The second kappa shape index (κ2) is 21.3. The third-order valence-corrected chi connectivity index (χ3v) is 3.78. The Hall–Kier alpha value is -1.77. The molecule has 0 fully saturated rings. The highest BCUT2D eigenvalue weighted by Gasteiger charge is 1.97. The SMILES string of the molecule is CCCCC/C=C\C/C=C\C/C=C\C/C=C\CCCCOC(=O)NCC. The van der Waals surface area contributed by atoms with Crippen molar-refractivity contribution in [2.75, 3.05) is 13.2 Å². The average molecular weight is 362 g/mol. The molecule has 0 aliphatic carbocycles. The molecule has 0 heterocycles. The van der Waals surface area contributed by atoms with Crippen LogP contribution in [-0.4, -0.2) is 19.2 Å². The molecule has 0 saturated carbocycles. The zero-order valence-corrected chi connectivity index (χ0v) is 16.9. The maximum absolute atomic E-state index is 11.1. The summed E-state index contributed by atoms with van der Waals surface area (Å²) >= 11 is 0. The van der Waals surface area contributed by atoms with Crippen molar-refractivity contribution in [3.63, 3.8) is 0 Å². The molecule has 26 heavy (non-hydrogen) atoms. The van der Waals surface area contributed by atoms with Crippen LogP contribution in [0.15, 0.2) is 48.6 Å². The van der Waals surface area contributed by atoms with Gasteiger partial charge in [0.15, 0.2) is 0 Å². The number of rotatable bonds is 16. The summed E-state index contributed by atoms with van der Waals surface area (Å²) in [7, 11) is 0. The van der Waals surface area contributed by atoms with Gasteiger partial charge in [0.2, 0.25) is 0 Å². The molecule has 0 aliphatic rings. The van der Waals surface area contributed by atoms with E-state index < -0.39 is 0 Å². The summed E-state index contributed by atoms with van der Waals surface area (Å²) in [6.07, 6.45) is 28.7. The van der Waals surface area contributed by atoms with Crippen LogP contribution in [0.5, 0.6) is 0 Å². The molecule has 0 saturated heterocycles. The number of ether oxygens (including phenoxy) is 1. The Morgan fingerprint density at radius 2 is 1.23 bits per heavy atom. The van der Waals surface area contributed by atoms with Gasteiger partial charge in [-0.3, -0.25) is 0 Å². The van der Waals surface area contributed by atoms with Crippen LogP contribution in [0.2, 0.25) is 0 Å². The first kappa shape index (κ1) is 24.2. The van der Waals surface area contributed by atoms with E-state index in [4.69, 9.17) is 4.74 Å². The average Bonchev–Trinajstić information content (AvgIpc) is 2.64. The molecule has 1 N–H and O–H groups in total. The fourth-order valence-electron chi connectivity index (χ4n) is 2.29. The second-order valence-electron chi connectivity index (χ2n) is 6.25. The largest absolute Gasteiger partial charge is 0.450 e. The van der Waals surface area contributed by atoms with Gasteiger partial charge in [0, 0.05) is 6.54 Å². The first-order chi connectivity index (χ1) is 12.8. The summed E-state index contributed by atoms with van der Waals surface area (Å²) in [6, 6.07) is 0. The summed E-state index contributed by atoms with van der Waals surface area (Å²) < 4.78 is 5.02. The highest BCUT2D eigenvalue weighted by atomic mass is 16.5. The van der Waals surface area contributed by atoms with Crippen LogP contribution in [0.1, 0.15) is 78.1 Å². The van der Waals surface area contributed by atoms with Gasteiger partial charge < -0.3 is 10.1 Å². The van der Waals surface area contributed by atoms with Crippen molar-refractivity contribution in [2.24, 2.45) is 0 Å². The van der Waals surface area contributed by atoms with Crippen molar-refractivity contribution in [3.05, 3.63) is 48.6 Å². The van der Waals surface area contributed by atoms with E-state index >= 15 is 0 Å². The van der Waals surface area contributed by atoms with E-state index in [1.807, 2.05) is 6.92 Å². The van der Waals surface area contributed by atoms with Crippen molar-refractivity contribution >= 4 is 6.09 Å². The molecule has 0 aromatic heterocycles. The Morgan fingerprint density at radius 1 is 0.731 bits per heavy atom. The number of hydrogen-bond donors (Lipinski definition) is 1. The second-order valence-corrected chi connectivity index (χ2v) is 6.25. The van der Waals surface area contributed by atoms with Crippen molar-refractivity contribution in [1.29, 1.82) is 0 Å². The number of carbonyl (C=O) groups is 1. The molecule has 0 aromatic carbocycles. The van der Waals surface area contributed by atoms with E-state index in [1.165, 1.54) is 25.7 Å². The minimum absolute atomic E-state index is 0.315. The lowest BCUT2D eigenvalue weighted by atomic mass is 10.2. The number of carbonyl (C=O) groups excluding carboxylic acids is 1. The highest BCUT2D eigenvalue weighted by Crippen LogP contribution is 2.01. The van der Waals surface area contributed by atoms with Crippen molar-refractivity contribution in [2.45, 2.75) is 78.1 Å². The fourth-order valence-corrected chi connectivity index (χ4v) is 2.29. The summed E-state index contributed by atoms with van der Waals surface area (Å²) in [5.41, 5.74) is 0. The summed E-state index contributed by atoms with van der Waals surface area (Å²) in [5.74, 6) is 0. The molecule has 0 unspecified atom stereocenters.